The van der Waals surface area contributed by atoms with Gasteiger partial charge in [-0.15, -0.1) is 0 Å². The quantitative estimate of drug-likeness (QED) is 0.615. The van der Waals surface area contributed by atoms with Gasteiger partial charge in [-0.1, -0.05) is 6.92 Å². The van der Waals surface area contributed by atoms with Gasteiger partial charge in [0.2, 0.25) is 5.78 Å². The van der Waals surface area contributed by atoms with Crippen LogP contribution < -0.4 is 0 Å². The van der Waals surface area contributed by atoms with Crippen molar-refractivity contribution in [2.75, 3.05) is 0 Å². The van der Waals surface area contributed by atoms with Crippen LogP contribution in [0.4, 0.5) is 4.39 Å². The lowest BCUT2D eigenvalue weighted by Gasteiger charge is -2.37. The standard InChI is InChI=1S/C16H18FNO2/c1-10-8-13-6-7-14(9-10)18(13)16(20)15(19)11-2-4-12(17)5-3-11/h2-5,10,13-14H,6-9H2,1H3. The van der Waals surface area contributed by atoms with E-state index in [0.29, 0.717) is 5.92 Å². The molecule has 1 aromatic rings. The Balaban J connectivity index is 1.79. The molecule has 2 aliphatic heterocycles. The molecule has 2 heterocycles. The third kappa shape index (κ3) is 2.23. The zero-order chi connectivity index (χ0) is 14.3. The molecule has 2 saturated heterocycles. The monoisotopic (exact) mass is 275 g/mol. The lowest BCUT2D eigenvalue weighted by atomic mass is 9.92. The fourth-order valence-electron chi connectivity index (χ4n) is 3.62. The molecule has 0 radical (unpaired) electrons. The minimum absolute atomic E-state index is 0.209. The molecule has 2 bridgehead atoms. The van der Waals surface area contributed by atoms with E-state index in [9.17, 15) is 14.0 Å². The number of rotatable bonds is 2. The molecular weight excluding hydrogens is 257 g/mol. The third-order valence-corrected chi connectivity index (χ3v) is 4.50. The molecule has 4 heteroatoms. The fraction of sp³-hybridized carbons (Fsp3) is 0.500. The van der Waals surface area contributed by atoms with E-state index in [4.69, 9.17) is 0 Å². The van der Waals surface area contributed by atoms with Crippen LogP contribution in [0.1, 0.15) is 43.0 Å². The highest BCUT2D eigenvalue weighted by atomic mass is 19.1. The van der Waals surface area contributed by atoms with Crippen molar-refractivity contribution in [3.8, 4) is 0 Å². The van der Waals surface area contributed by atoms with E-state index >= 15 is 0 Å². The van der Waals surface area contributed by atoms with Crippen molar-refractivity contribution in [2.45, 2.75) is 44.7 Å². The molecule has 0 aliphatic carbocycles. The van der Waals surface area contributed by atoms with Crippen molar-refractivity contribution in [1.29, 1.82) is 0 Å². The van der Waals surface area contributed by atoms with Gasteiger partial charge < -0.3 is 4.90 Å². The number of nitrogens with zero attached hydrogens (tertiary/aromatic N) is 1. The average Bonchev–Trinajstić information content (AvgIpc) is 2.70. The van der Waals surface area contributed by atoms with E-state index in [0.717, 1.165) is 25.7 Å². The second kappa shape index (κ2) is 5.00. The number of benzene rings is 1. The smallest absolute Gasteiger partial charge is 0.295 e. The molecule has 2 atom stereocenters. The van der Waals surface area contributed by atoms with Crippen LogP contribution in [-0.4, -0.2) is 28.7 Å². The van der Waals surface area contributed by atoms with E-state index in [2.05, 4.69) is 6.92 Å². The first kappa shape index (κ1) is 13.3. The molecule has 2 unspecified atom stereocenters. The van der Waals surface area contributed by atoms with Gasteiger partial charge in [0.15, 0.2) is 0 Å². The summed E-state index contributed by atoms with van der Waals surface area (Å²) in [6, 6.07) is 5.61. The van der Waals surface area contributed by atoms with Crippen molar-refractivity contribution in [3.63, 3.8) is 0 Å². The van der Waals surface area contributed by atoms with Crippen molar-refractivity contribution < 1.29 is 14.0 Å². The van der Waals surface area contributed by atoms with Gasteiger partial charge in [0, 0.05) is 17.6 Å². The summed E-state index contributed by atoms with van der Waals surface area (Å²) in [4.78, 5) is 26.5. The average molecular weight is 275 g/mol. The Labute approximate surface area is 117 Å². The van der Waals surface area contributed by atoms with Crippen LogP contribution in [0.15, 0.2) is 24.3 Å². The minimum Gasteiger partial charge on any atom is -0.330 e. The lowest BCUT2D eigenvalue weighted by Crippen LogP contribution is -2.48. The fourth-order valence-corrected chi connectivity index (χ4v) is 3.62. The summed E-state index contributed by atoms with van der Waals surface area (Å²) in [5.74, 6) is -0.717. The first-order valence-corrected chi connectivity index (χ1v) is 7.19. The number of halogens is 1. The van der Waals surface area contributed by atoms with Crippen LogP contribution in [0, 0.1) is 11.7 Å². The largest absolute Gasteiger partial charge is 0.330 e. The number of fused-ring (bicyclic) bond motifs is 2. The van der Waals surface area contributed by atoms with E-state index in [1.54, 1.807) is 4.90 Å². The van der Waals surface area contributed by atoms with Gasteiger partial charge in [-0.2, -0.15) is 0 Å². The van der Waals surface area contributed by atoms with Gasteiger partial charge in [-0.05, 0) is 55.9 Å². The van der Waals surface area contributed by atoms with Crippen molar-refractivity contribution in [1.82, 2.24) is 4.90 Å². The van der Waals surface area contributed by atoms with Crippen LogP contribution in [0.2, 0.25) is 0 Å². The maximum Gasteiger partial charge on any atom is 0.295 e. The van der Waals surface area contributed by atoms with Gasteiger partial charge in [0.1, 0.15) is 5.82 Å². The van der Waals surface area contributed by atoms with Crippen molar-refractivity contribution in [3.05, 3.63) is 35.6 Å². The zero-order valence-corrected chi connectivity index (χ0v) is 11.5. The lowest BCUT2D eigenvalue weighted by molar-refractivity contribution is -0.131. The van der Waals surface area contributed by atoms with E-state index in [-0.39, 0.29) is 17.6 Å². The summed E-state index contributed by atoms with van der Waals surface area (Å²) < 4.78 is 12.9. The summed E-state index contributed by atoms with van der Waals surface area (Å²) in [6.07, 6.45) is 3.97. The first-order chi connectivity index (χ1) is 9.56. The van der Waals surface area contributed by atoms with Gasteiger partial charge in [0.05, 0.1) is 0 Å². The van der Waals surface area contributed by atoms with E-state index in [1.165, 1.54) is 24.3 Å². The molecule has 0 spiro atoms. The molecule has 0 N–H and O–H groups in total. The first-order valence-electron chi connectivity index (χ1n) is 7.19. The number of carbonyl (C=O) groups excluding carboxylic acids is 2. The highest BCUT2D eigenvalue weighted by Gasteiger charge is 2.43. The second-order valence-electron chi connectivity index (χ2n) is 6.01. The molecule has 1 aromatic carbocycles. The van der Waals surface area contributed by atoms with Gasteiger partial charge in [0.25, 0.3) is 5.91 Å². The number of amides is 1. The predicted octanol–water partition coefficient (Wildman–Crippen LogP) is 2.80. The highest BCUT2D eigenvalue weighted by Crippen LogP contribution is 2.38. The van der Waals surface area contributed by atoms with E-state index < -0.39 is 17.5 Å². The van der Waals surface area contributed by atoms with Crippen LogP contribution in [0.3, 0.4) is 0 Å². The molecule has 0 aromatic heterocycles. The maximum atomic E-state index is 12.9. The summed E-state index contributed by atoms with van der Waals surface area (Å²) in [7, 11) is 0. The van der Waals surface area contributed by atoms with Gasteiger partial charge in [-0.3, -0.25) is 9.59 Å². The zero-order valence-electron chi connectivity index (χ0n) is 11.5. The third-order valence-electron chi connectivity index (χ3n) is 4.50. The van der Waals surface area contributed by atoms with Crippen molar-refractivity contribution in [2.24, 2.45) is 5.92 Å². The Hall–Kier alpha value is -1.71. The van der Waals surface area contributed by atoms with Gasteiger partial charge >= 0.3 is 0 Å². The molecule has 20 heavy (non-hydrogen) atoms. The molecule has 106 valence electrons. The number of ketones is 1. The molecule has 0 saturated carbocycles. The molecule has 1 amide bonds. The molecular formula is C16H18FNO2. The topological polar surface area (TPSA) is 37.4 Å². The number of carbonyl (C=O) groups is 2. The summed E-state index contributed by atoms with van der Waals surface area (Å²) >= 11 is 0. The van der Waals surface area contributed by atoms with Crippen molar-refractivity contribution >= 4 is 11.7 Å². The normalized spacial score (nSPS) is 28.5. The Kier molecular flexibility index (Phi) is 3.32. The summed E-state index contributed by atoms with van der Waals surface area (Å²) in [6.45, 7) is 2.20. The molecule has 3 rings (SSSR count). The number of hydrogen-bond donors (Lipinski definition) is 0. The van der Waals surface area contributed by atoms with E-state index in [1.807, 2.05) is 0 Å². The predicted molar refractivity (Wildman–Crippen MR) is 72.8 cm³/mol. The maximum absolute atomic E-state index is 12.9. The Morgan fingerprint density at radius 2 is 1.65 bits per heavy atom. The SMILES string of the molecule is CC1CC2CCC(C1)N2C(=O)C(=O)c1ccc(F)cc1. The van der Waals surface area contributed by atoms with Crippen LogP contribution >= 0.6 is 0 Å². The Morgan fingerprint density at radius 1 is 1.10 bits per heavy atom. The highest BCUT2D eigenvalue weighted by molar-refractivity contribution is 6.42. The van der Waals surface area contributed by atoms with Gasteiger partial charge in [-0.25, -0.2) is 4.39 Å². The molecule has 2 aliphatic rings. The van der Waals surface area contributed by atoms with Crippen LogP contribution in [-0.2, 0) is 4.79 Å². The Bertz CT molecular complexity index is 526. The molecule has 2 fully saturated rings. The summed E-state index contributed by atoms with van der Waals surface area (Å²) in [5, 5.41) is 0. The second-order valence-corrected chi connectivity index (χ2v) is 6.01. The van der Waals surface area contributed by atoms with Crippen LogP contribution in [0.5, 0.6) is 0 Å². The molecule has 3 nitrogen and oxygen atoms in total. The Morgan fingerprint density at radius 3 is 2.20 bits per heavy atom. The number of Topliss-reactive ketones (excluding diaryl/α,β-unsaturated/α-hetero) is 1. The van der Waals surface area contributed by atoms with Crippen LogP contribution in [0.25, 0.3) is 0 Å². The number of piperidine rings is 1. The number of hydrogen-bond acceptors (Lipinski definition) is 2. The summed E-state index contributed by atoms with van der Waals surface area (Å²) in [5.41, 5.74) is 0.273. The minimum atomic E-state index is -0.517.